The van der Waals surface area contributed by atoms with E-state index in [1.807, 2.05) is 19.2 Å². The van der Waals surface area contributed by atoms with Crippen LogP contribution in [-0.4, -0.2) is 63.8 Å². The van der Waals surface area contributed by atoms with E-state index < -0.39 is 0 Å². The zero-order valence-electron chi connectivity index (χ0n) is 16.3. The minimum absolute atomic E-state index is 0. The van der Waals surface area contributed by atoms with Crippen molar-refractivity contribution in [1.82, 2.24) is 15.5 Å². The quantitative estimate of drug-likeness (QED) is 0.339. The molecular formula is C20H32ClIN4O. The molecule has 2 aliphatic rings. The zero-order valence-corrected chi connectivity index (χ0v) is 19.4. The lowest BCUT2D eigenvalue weighted by molar-refractivity contribution is 0.0320. The van der Waals surface area contributed by atoms with Gasteiger partial charge in [-0.2, -0.15) is 0 Å². The first-order valence-corrected chi connectivity index (χ1v) is 10.00. The third kappa shape index (κ3) is 6.76. The Morgan fingerprint density at radius 3 is 2.67 bits per heavy atom. The highest BCUT2D eigenvalue weighted by Gasteiger charge is 2.44. The van der Waals surface area contributed by atoms with Gasteiger partial charge in [-0.1, -0.05) is 30.7 Å². The van der Waals surface area contributed by atoms with E-state index in [0.717, 1.165) is 56.9 Å². The van der Waals surface area contributed by atoms with Crippen molar-refractivity contribution in [3.05, 3.63) is 34.9 Å². The summed E-state index contributed by atoms with van der Waals surface area (Å²) in [6.45, 7) is 8.98. The summed E-state index contributed by atoms with van der Waals surface area (Å²) in [6.07, 6.45) is 2.40. The number of nitrogens with zero attached hydrogens (tertiary/aromatic N) is 2. The average Bonchev–Trinajstić information content (AvgIpc) is 3.44. The van der Waals surface area contributed by atoms with Crippen LogP contribution in [0.1, 0.15) is 25.3 Å². The molecule has 0 spiro atoms. The molecule has 3 rings (SSSR count). The number of benzene rings is 1. The number of nitrogens with one attached hydrogen (secondary N) is 2. The van der Waals surface area contributed by atoms with Crippen molar-refractivity contribution in [2.45, 2.75) is 25.2 Å². The van der Waals surface area contributed by atoms with Crippen LogP contribution in [0.25, 0.3) is 0 Å². The largest absolute Gasteiger partial charge is 0.379 e. The van der Waals surface area contributed by atoms with Crippen LogP contribution < -0.4 is 10.6 Å². The fourth-order valence-electron chi connectivity index (χ4n) is 3.57. The second kappa shape index (κ2) is 10.8. The Balaban J connectivity index is 0.00000261. The van der Waals surface area contributed by atoms with E-state index in [0.29, 0.717) is 5.92 Å². The molecule has 2 fully saturated rings. The molecule has 1 aromatic rings. The Morgan fingerprint density at radius 1 is 1.30 bits per heavy atom. The van der Waals surface area contributed by atoms with Gasteiger partial charge in [0.05, 0.1) is 13.2 Å². The van der Waals surface area contributed by atoms with E-state index in [4.69, 9.17) is 16.3 Å². The topological polar surface area (TPSA) is 48.9 Å². The number of rotatable bonds is 7. The van der Waals surface area contributed by atoms with Crippen molar-refractivity contribution in [3.63, 3.8) is 0 Å². The molecule has 0 aromatic heterocycles. The van der Waals surface area contributed by atoms with E-state index in [9.17, 15) is 0 Å². The van der Waals surface area contributed by atoms with E-state index in [1.165, 1.54) is 18.4 Å². The van der Waals surface area contributed by atoms with Gasteiger partial charge in [0.1, 0.15) is 0 Å². The number of guanidine groups is 1. The molecule has 0 bridgehead atoms. The van der Waals surface area contributed by atoms with Gasteiger partial charge in [-0.3, -0.25) is 9.89 Å². The number of halogens is 2. The van der Waals surface area contributed by atoms with Gasteiger partial charge in [0.15, 0.2) is 5.96 Å². The predicted molar refractivity (Wildman–Crippen MR) is 124 cm³/mol. The first kappa shape index (κ1) is 22.7. The predicted octanol–water partition coefficient (Wildman–Crippen LogP) is 3.12. The Morgan fingerprint density at radius 2 is 2.04 bits per heavy atom. The Kier molecular flexibility index (Phi) is 9.11. The van der Waals surface area contributed by atoms with Crippen LogP contribution in [0.5, 0.6) is 0 Å². The molecule has 1 saturated carbocycles. The Bertz CT molecular complexity index is 618. The molecule has 27 heavy (non-hydrogen) atoms. The smallest absolute Gasteiger partial charge is 0.191 e. The SMILES string of the molecule is CN=C(NCC(C)CN1CCOCC1)NCC1(c2cccc(Cl)c2)CC1.I. The highest BCUT2D eigenvalue weighted by Crippen LogP contribution is 2.48. The maximum atomic E-state index is 6.16. The van der Waals surface area contributed by atoms with Gasteiger partial charge in [0.25, 0.3) is 0 Å². The van der Waals surface area contributed by atoms with Crippen molar-refractivity contribution < 1.29 is 4.74 Å². The van der Waals surface area contributed by atoms with Crippen LogP contribution in [0.15, 0.2) is 29.3 Å². The summed E-state index contributed by atoms with van der Waals surface area (Å²) < 4.78 is 5.42. The van der Waals surface area contributed by atoms with Gasteiger partial charge in [0, 0.05) is 50.2 Å². The lowest BCUT2D eigenvalue weighted by atomic mass is 9.96. The second-order valence-electron chi connectivity index (χ2n) is 7.62. The van der Waals surface area contributed by atoms with Crippen LogP contribution in [0.2, 0.25) is 5.02 Å². The van der Waals surface area contributed by atoms with Gasteiger partial charge in [0.2, 0.25) is 0 Å². The molecule has 7 heteroatoms. The number of morpholine rings is 1. The molecule has 1 aromatic carbocycles. The summed E-state index contributed by atoms with van der Waals surface area (Å²) in [7, 11) is 1.83. The molecule has 2 N–H and O–H groups in total. The summed E-state index contributed by atoms with van der Waals surface area (Å²) in [4.78, 5) is 6.86. The maximum Gasteiger partial charge on any atom is 0.191 e. The Hall–Kier alpha value is -0.570. The van der Waals surface area contributed by atoms with E-state index in [-0.39, 0.29) is 29.4 Å². The maximum absolute atomic E-state index is 6.16. The molecule has 1 saturated heterocycles. The molecule has 5 nitrogen and oxygen atoms in total. The van der Waals surface area contributed by atoms with Crippen molar-refractivity contribution in [2.24, 2.45) is 10.9 Å². The monoisotopic (exact) mass is 506 g/mol. The van der Waals surface area contributed by atoms with Gasteiger partial charge in [-0.25, -0.2) is 0 Å². The van der Waals surface area contributed by atoms with Gasteiger partial charge >= 0.3 is 0 Å². The Labute approximate surface area is 185 Å². The van der Waals surface area contributed by atoms with Gasteiger partial charge < -0.3 is 15.4 Å². The van der Waals surface area contributed by atoms with Crippen molar-refractivity contribution >= 4 is 41.5 Å². The fourth-order valence-corrected chi connectivity index (χ4v) is 3.76. The lowest BCUT2D eigenvalue weighted by Gasteiger charge is -2.29. The van der Waals surface area contributed by atoms with Crippen molar-refractivity contribution in [1.29, 1.82) is 0 Å². The van der Waals surface area contributed by atoms with E-state index in [2.05, 4.69) is 39.6 Å². The van der Waals surface area contributed by atoms with Crippen LogP contribution in [0.3, 0.4) is 0 Å². The molecule has 1 atom stereocenters. The molecule has 1 heterocycles. The summed E-state index contributed by atoms with van der Waals surface area (Å²) in [6, 6.07) is 8.25. The first-order valence-electron chi connectivity index (χ1n) is 9.62. The first-order chi connectivity index (χ1) is 12.6. The second-order valence-corrected chi connectivity index (χ2v) is 8.05. The van der Waals surface area contributed by atoms with Crippen LogP contribution in [0.4, 0.5) is 0 Å². The molecule has 1 aliphatic carbocycles. The fraction of sp³-hybridized carbons (Fsp3) is 0.650. The number of ether oxygens (including phenoxy) is 1. The normalized spacial score (nSPS) is 20.5. The number of aliphatic imine (C=N–C) groups is 1. The average molecular weight is 507 g/mol. The van der Waals surface area contributed by atoms with Gasteiger partial charge in [-0.15, -0.1) is 24.0 Å². The third-order valence-electron chi connectivity index (χ3n) is 5.40. The summed E-state index contributed by atoms with van der Waals surface area (Å²) in [5, 5.41) is 7.80. The zero-order chi connectivity index (χ0) is 18.4. The van der Waals surface area contributed by atoms with Crippen LogP contribution in [0, 0.1) is 5.92 Å². The highest BCUT2D eigenvalue weighted by atomic mass is 127. The molecule has 0 amide bonds. The van der Waals surface area contributed by atoms with Crippen LogP contribution >= 0.6 is 35.6 Å². The summed E-state index contributed by atoms with van der Waals surface area (Å²) in [5.74, 6) is 1.45. The number of hydrogen-bond acceptors (Lipinski definition) is 3. The summed E-state index contributed by atoms with van der Waals surface area (Å²) >= 11 is 6.16. The van der Waals surface area contributed by atoms with Crippen molar-refractivity contribution in [3.8, 4) is 0 Å². The molecule has 1 aliphatic heterocycles. The van der Waals surface area contributed by atoms with E-state index in [1.54, 1.807) is 0 Å². The molecule has 0 radical (unpaired) electrons. The third-order valence-corrected chi connectivity index (χ3v) is 5.64. The minimum Gasteiger partial charge on any atom is -0.379 e. The van der Waals surface area contributed by atoms with E-state index >= 15 is 0 Å². The highest BCUT2D eigenvalue weighted by molar-refractivity contribution is 14.0. The van der Waals surface area contributed by atoms with Crippen molar-refractivity contribution in [2.75, 3.05) is 53.0 Å². The molecular weight excluding hydrogens is 475 g/mol. The number of hydrogen-bond donors (Lipinski definition) is 2. The standard InChI is InChI=1S/C20H31ClN4O.HI/c1-16(14-25-8-10-26-11-9-25)13-23-19(22-2)24-15-20(6-7-20)17-4-3-5-18(21)12-17;/h3-5,12,16H,6-11,13-15H2,1-2H3,(H2,22,23,24);1H. The van der Waals surface area contributed by atoms with Crippen LogP contribution in [-0.2, 0) is 10.2 Å². The van der Waals surface area contributed by atoms with Gasteiger partial charge in [-0.05, 0) is 36.5 Å². The molecule has 1 unspecified atom stereocenters. The lowest BCUT2D eigenvalue weighted by Crippen LogP contribution is -2.45. The summed E-state index contributed by atoms with van der Waals surface area (Å²) in [5.41, 5.74) is 1.54. The molecule has 152 valence electrons. The minimum atomic E-state index is 0.